The number of benzene rings is 1. The second kappa shape index (κ2) is 4.75. The summed E-state index contributed by atoms with van der Waals surface area (Å²) in [6.07, 6.45) is 1.98. The molecule has 1 aliphatic carbocycles. The van der Waals surface area contributed by atoms with Crippen LogP contribution in [0, 0.1) is 5.82 Å². The van der Waals surface area contributed by atoms with Crippen molar-refractivity contribution in [1.82, 2.24) is 0 Å². The molecule has 0 atom stereocenters. The van der Waals surface area contributed by atoms with E-state index >= 15 is 0 Å². The van der Waals surface area contributed by atoms with E-state index in [1.165, 1.54) is 12.1 Å². The Morgan fingerprint density at radius 2 is 2.05 bits per heavy atom. The van der Waals surface area contributed by atoms with E-state index in [4.69, 9.17) is 0 Å². The number of aromatic hydroxyl groups is 1. The Labute approximate surface area is 119 Å². The van der Waals surface area contributed by atoms with Gasteiger partial charge in [-0.3, -0.25) is 4.72 Å². The van der Waals surface area contributed by atoms with Gasteiger partial charge in [0.15, 0.2) is 11.6 Å². The molecule has 106 valence electrons. The van der Waals surface area contributed by atoms with Crippen molar-refractivity contribution >= 4 is 27.0 Å². The standard InChI is InChI=1S/C13H12FNO3S2/c14-10-2-1-3-11(12(10)16)15-20(17,18)13-9(6-7-19-13)8-4-5-8/h1-3,6-8,15-16H,4-5H2. The molecule has 1 fully saturated rings. The molecule has 2 aromatic rings. The summed E-state index contributed by atoms with van der Waals surface area (Å²) in [5.74, 6) is -1.26. The summed E-state index contributed by atoms with van der Waals surface area (Å²) < 4.78 is 40.4. The lowest BCUT2D eigenvalue weighted by atomic mass is 10.2. The highest BCUT2D eigenvalue weighted by Crippen LogP contribution is 2.45. The summed E-state index contributed by atoms with van der Waals surface area (Å²) in [6, 6.07) is 5.53. The highest BCUT2D eigenvalue weighted by atomic mass is 32.2. The Morgan fingerprint density at radius 1 is 1.30 bits per heavy atom. The number of hydrogen-bond donors (Lipinski definition) is 2. The molecule has 1 aliphatic rings. The number of phenols is 1. The third-order valence-corrected chi connectivity index (χ3v) is 6.03. The first kappa shape index (κ1) is 13.4. The first-order valence-corrected chi connectivity index (χ1v) is 8.43. The van der Waals surface area contributed by atoms with Crippen LogP contribution in [0.1, 0.15) is 24.3 Å². The normalized spacial score (nSPS) is 15.2. The lowest BCUT2D eigenvalue weighted by Gasteiger charge is -2.10. The molecule has 0 unspecified atom stereocenters. The Kier molecular flexibility index (Phi) is 3.18. The van der Waals surface area contributed by atoms with Crippen molar-refractivity contribution in [3.05, 3.63) is 41.0 Å². The highest BCUT2D eigenvalue weighted by Gasteiger charge is 2.31. The number of para-hydroxylation sites is 1. The number of sulfonamides is 1. The number of thiophene rings is 1. The second-order valence-corrected chi connectivity index (χ2v) is 7.47. The van der Waals surface area contributed by atoms with Gasteiger partial charge >= 0.3 is 0 Å². The molecule has 1 heterocycles. The van der Waals surface area contributed by atoms with E-state index in [9.17, 15) is 17.9 Å². The van der Waals surface area contributed by atoms with E-state index < -0.39 is 21.6 Å². The molecule has 1 saturated carbocycles. The van der Waals surface area contributed by atoms with Crippen molar-refractivity contribution in [2.45, 2.75) is 23.0 Å². The van der Waals surface area contributed by atoms with Gasteiger partial charge in [-0.2, -0.15) is 0 Å². The Hall–Kier alpha value is -1.60. The van der Waals surface area contributed by atoms with Crippen molar-refractivity contribution < 1.29 is 17.9 Å². The fourth-order valence-corrected chi connectivity index (χ4v) is 4.61. The van der Waals surface area contributed by atoms with Gasteiger partial charge in [0.2, 0.25) is 0 Å². The summed E-state index contributed by atoms with van der Waals surface area (Å²) in [7, 11) is -3.80. The SMILES string of the molecule is O=S(=O)(Nc1cccc(F)c1O)c1sccc1C1CC1. The van der Waals surface area contributed by atoms with Crippen molar-refractivity contribution in [3.8, 4) is 5.75 Å². The average molecular weight is 313 g/mol. The molecular formula is C13H12FNO3S2. The summed E-state index contributed by atoms with van der Waals surface area (Å²) in [4.78, 5) is 0. The second-order valence-electron chi connectivity index (χ2n) is 4.68. The van der Waals surface area contributed by atoms with Gasteiger partial charge in [0.1, 0.15) is 4.21 Å². The minimum Gasteiger partial charge on any atom is -0.503 e. The average Bonchev–Trinajstić information content (AvgIpc) is 3.11. The molecule has 0 radical (unpaired) electrons. The van der Waals surface area contributed by atoms with Gasteiger partial charge in [-0.25, -0.2) is 12.8 Å². The predicted molar refractivity (Wildman–Crippen MR) is 75.2 cm³/mol. The van der Waals surface area contributed by atoms with Crippen molar-refractivity contribution in [1.29, 1.82) is 0 Å². The maximum atomic E-state index is 13.2. The predicted octanol–water partition coefficient (Wildman–Crippen LogP) is 3.27. The van der Waals surface area contributed by atoms with Crippen LogP contribution in [0.5, 0.6) is 5.75 Å². The topological polar surface area (TPSA) is 66.4 Å². The van der Waals surface area contributed by atoms with E-state index in [0.717, 1.165) is 35.8 Å². The molecule has 0 bridgehead atoms. The summed E-state index contributed by atoms with van der Waals surface area (Å²) >= 11 is 1.13. The summed E-state index contributed by atoms with van der Waals surface area (Å²) in [6.45, 7) is 0. The van der Waals surface area contributed by atoms with Gasteiger partial charge < -0.3 is 5.11 Å². The van der Waals surface area contributed by atoms with Gasteiger partial charge in [-0.05, 0) is 47.9 Å². The largest absolute Gasteiger partial charge is 0.503 e. The molecule has 0 aliphatic heterocycles. The highest BCUT2D eigenvalue weighted by molar-refractivity contribution is 7.94. The molecule has 1 aromatic carbocycles. The molecule has 7 heteroatoms. The number of halogens is 1. The third kappa shape index (κ3) is 2.38. The Bertz CT molecular complexity index is 751. The van der Waals surface area contributed by atoms with Crippen LogP contribution in [0.2, 0.25) is 0 Å². The van der Waals surface area contributed by atoms with E-state index in [0.29, 0.717) is 5.92 Å². The molecule has 0 spiro atoms. The van der Waals surface area contributed by atoms with E-state index in [1.54, 1.807) is 5.38 Å². The summed E-state index contributed by atoms with van der Waals surface area (Å²) in [5.41, 5.74) is 0.651. The molecular weight excluding hydrogens is 301 g/mol. The van der Waals surface area contributed by atoms with Crippen LogP contribution >= 0.6 is 11.3 Å². The van der Waals surface area contributed by atoms with Gasteiger partial charge in [0.25, 0.3) is 10.0 Å². The van der Waals surface area contributed by atoms with Crippen LogP contribution in [-0.2, 0) is 10.0 Å². The maximum absolute atomic E-state index is 13.2. The lowest BCUT2D eigenvalue weighted by molar-refractivity contribution is 0.435. The third-order valence-electron chi connectivity index (χ3n) is 3.15. The molecule has 4 nitrogen and oxygen atoms in total. The van der Waals surface area contributed by atoms with Crippen LogP contribution in [0.25, 0.3) is 0 Å². The molecule has 20 heavy (non-hydrogen) atoms. The van der Waals surface area contributed by atoms with E-state index in [-0.39, 0.29) is 9.90 Å². The first-order valence-electron chi connectivity index (χ1n) is 6.07. The van der Waals surface area contributed by atoms with Crippen molar-refractivity contribution in [2.75, 3.05) is 4.72 Å². The minimum absolute atomic E-state index is 0.153. The quantitative estimate of drug-likeness (QED) is 0.851. The van der Waals surface area contributed by atoms with Crippen LogP contribution in [0.3, 0.4) is 0 Å². The van der Waals surface area contributed by atoms with Crippen LogP contribution in [0.15, 0.2) is 33.9 Å². The molecule has 0 amide bonds. The minimum atomic E-state index is -3.80. The van der Waals surface area contributed by atoms with Gasteiger partial charge in [0, 0.05) is 0 Å². The first-order chi connectivity index (χ1) is 9.49. The molecule has 3 rings (SSSR count). The number of phenolic OH excluding ortho intramolecular Hbond substituents is 1. The van der Waals surface area contributed by atoms with Gasteiger partial charge in [-0.15, -0.1) is 11.3 Å². The molecule has 2 N–H and O–H groups in total. The fourth-order valence-electron chi connectivity index (χ4n) is 2.01. The molecule has 0 saturated heterocycles. The van der Waals surface area contributed by atoms with Gasteiger partial charge in [-0.1, -0.05) is 6.07 Å². The zero-order valence-corrected chi connectivity index (χ0v) is 12.0. The smallest absolute Gasteiger partial charge is 0.271 e. The fraction of sp³-hybridized carbons (Fsp3) is 0.231. The molecule has 1 aromatic heterocycles. The van der Waals surface area contributed by atoms with Crippen molar-refractivity contribution in [3.63, 3.8) is 0 Å². The Balaban J connectivity index is 1.96. The van der Waals surface area contributed by atoms with Crippen LogP contribution in [-0.4, -0.2) is 13.5 Å². The van der Waals surface area contributed by atoms with Gasteiger partial charge in [0.05, 0.1) is 5.69 Å². The number of rotatable bonds is 4. The number of anilines is 1. The van der Waals surface area contributed by atoms with Crippen molar-refractivity contribution in [2.24, 2.45) is 0 Å². The monoisotopic (exact) mass is 313 g/mol. The maximum Gasteiger partial charge on any atom is 0.271 e. The Morgan fingerprint density at radius 3 is 2.75 bits per heavy atom. The van der Waals surface area contributed by atoms with E-state index in [2.05, 4.69) is 4.72 Å². The van der Waals surface area contributed by atoms with Crippen LogP contribution in [0.4, 0.5) is 10.1 Å². The zero-order valence-electron chi connectivity index (χ0n) is 10.3. The van der Waals surface area contributed by atoms with Crippen LogP contribution < -0.4 is 4.72 Å². The lowest BCUT2D eigenvalue weighted by Crippen LogP contribution is -2.13. The summed E-state index contributed by atoms with van der Waals surface area (Å²) in [5, 5.41) is 11.3. The van der Waals surface area contributed by atoms with E-state index in [1.807, 2.05) is 6.07 Å². The zero-order chi connectivity index (χ0) is 14.3. The number of nitrogens with one attached hydrogen (secondary N) is 1. The number of hydrogen-bond acceptors (Lipinski definition) is 4.